The molecule has 0 aliphatic rings. The summed E-state index contributed by atoms with van der Waals surface area (Å²) in [6.07, 6.45) is 2.56. The summed E-state index contributed by atoms with van der Waals surface area (Å²) in [6.45, 7) is 0. The zero-order valence-electron chi connectivity index (χ0n) is 6.37. The highest BCUT2D eigenvalue weighted by Gasteiger charge is 2.06. The van der Waals surface area contributed by atoms with E-state index in [1.807, 2.05) is 0 Å². The lowest BCUT2D eigenvalue weighted by atomic mass is 10.2. The molecular weight excluding hydrogens is 178 g/mol. The minimum atomic E-state index is -0.883. The van der Waals surface area contributed by atoms with E-state index in [4.69, 9.17) is 4.42 Å². The lowest BCUT2D eigenvalue weighted by Gasteiger charge is -1.95. The van der Waals surface area contributed by atoms with E-state index in [1.54, 1.807) is 0 Å². The average Bonchev–Trinajstić information content (AvgIpc) is 2.53. The van der Waals surface area contributed by atoms with Gasteiger partial charge in [-0.1, -0.05) is 0 Å². The van der Waals surface area contributed by atoms with Crippen LogP contribution in [-0.2, 0) is 0 Å². The maximum absolute atomic E-state index is 12.6. The average molecular weight is 182 g/mol. The molecule has 0 saturated heterocycles. The summed E-state index contributed by atoms with van der Waals surface area (Å²) < 4.78 is 30.1. The molecule has 2 aromatic heterocycles. The molecule has 2 aromatic rings. The Bertz CT molecular complexity index is 394. The maximum Gasteiger partial charge on any atom is 0.216 e. The second kappa shape index (κ2) is 2.93. The molecule has 0 aromatic carbocycles. The van der Waals surface area contributed by atoms with Crippen molar-refractivity contribution in [1.29, 1.82) is 0 Å². The molecule has 13 heavy (non-hydrogen) atoms. The summed E-state index contributed by atoms with van der Waals surface area (Å²) in [6, 6.07) is 2.15. The van der Waals surface area contributed by atoms with Gasteiger partial charge in [-0.15, -0.1) is 0 Å². The van der Waals surface area contributed by atoms with Crippen molar-refractivity contribution in [3.8, 4) is 11.3 Å². The Balaban J connectivity index is 2.53. The summed E-state index contributed by atoms with van der Waals surface area (Å²) in [5, 5.41) is 0. The van der Waals surface area contributed by atoms with E-state index in [0.29, 0.717) is 5.76 Å². The van der Waals surface area contributed by atoms with E-state index >= 15 is 0 Å². The highest BCUT2D eigenvalue weighted by Crippen LogP contribution is 2.19. The van der Waals surface area contributed by atoms with Crippen molar-refractivity contribution < 1.29 is 13.2 Å². The third-order valence-corrected chi connectivity index (χ3v) is 1.48. The Morgan fingerprint density at radius 1 is 1.15 bits per heavy atom. The molecule has 0 amide bonds. The van der Waals surface area contributed by atoms with Crippen LogP contribution in [0.25, 0.3) is 11.3 Å². The van der Waals surface area contributed by atoms with Gasteiger partial charge < -0.3 is 4.42 Å². The third-order valence-electron chi connectivity index (χ3n) is 1.48. The fraction of sp³-hybridized carbons (Fsp3) is 0. The maximum atomic E-state index is 12.6. The van der Waals surface area contributed by atoms with Crippen LogP contribution in [0.5, 0.6) is 0 Å². The van der Waals surface area contributed by atoms with E-state index in [-0.39, 0.29) is 5.56 Å². The van der Waals surface area contributed by atoms with Crippen LogP contribution in [0.1, 0.15) is 0 Å². The molecule has 0 saturated carbocycles. The molecule has 0 fully saturated rings. The minimum Gasteiger partial charge on any atom is -0.444 e. The van der Waals surface area contributed by atoms with Crippen LogP contribution in [-0.4, -0.2) is 9.97 Å². The molecule has 0 atom stereocenters. The SMILES string of the molecule is Fc1cc(-c2cnco2)cc(F)n1. The molecule has 0 aliphatic carbocycles. The van der Waals surface area contributed by atoms with E-state index in [1.165, 1.54) is 12.6 Å². The Kier molecular flexibility index (Phi) is 1.77. The summed E-state index contributed by atoms with van der Waals surface area (Å²) >= 11 is 0. The van der Waals surface area contributed by atoms with Crippen LogP contribution < -0.4 is 0 Å². The van der Waals surface area contributed by atoms with E-state index < -0.39 is 11.9 Å². The van der Waals surface area contributed by atoms with Gasteiger partial charge in [-0.2, -0.15) is 13.8 Å². The number of rotatable bonds is 1. The highest BCUT2D eigenvalue weighted by molar-refractivity contribution is 5.54. The Hall–Kier alpha value is -1.78. The highest BCUT2D eigenvalue weighted by atomic mass is 19.1. The Morgan fingerprint density at radius 2 is 1.85 bits per heavy atom. The fourth-order valence-corrected chi connectivity index (χ4v) is 0.965. The number of hydrogen-bond acceptors (Lipinski definition) is 3. The number of aromatic nitrogens is 2. The summed E-state index contributed by atoms with van der Waals surface area (Å²) in [5.74, 6) is -1.46. The minimum absolute atomic E-state index is 0.280. The van der Waals surface area contributed by atoms with Gasteiger partial charge in [0.25, 0.3) is 0 Å². The molecule has 5 heteroatoms. The third kappa shape index (κ3) is 1.53. The first-order valence-corrected chi connectivity index (χ1v) is 3.47. The topological polar surface area (TPSA) is 38.9 Å². The number of oxazole rings is 1. The van der Waals surface area contributed by atoms with Gasteiger partial charge in [-0.3, -0.25) is 0 Å². The molecule has 0 radical (unpaired) electrons. The molecular formula is C8H4F2N2O. The molecule has 2 rings (SSSR count). The van der Waals surface area contributed by atoms with Gasteiger partial charge in [0, 0.05) is 17.7 Å². The predicted molar refractivity (Wildman–Crippen MR) is 39.7 cm³/mol. The quantitative estimate of drug-likeness (QED) is 0.633. The Morgan fingerprint density at radius 3 is 2.38 bits per heavy atom. The molecule has 0 unspecified atom stereocenters. The van der Waals surface area contributed by atoms with Crippen LogP contribution in [0.3, 0.4) is 0 Å². The van der Waals surface area contributed by atoms with Crippen molar-refractivity contribution in [2.24, 2.45) is 0 Å². The monoisotopic (exact) mass is 182 g/mol. The fourth-order valence-electron chi connectivity index (χ4n) is 0.965. The molecule has 66 valence electrons. The van der Waals surface area contributed by atoms with Crippen LogP contribution in [0.2, 0.25) is 0 Å². The van der Waals surface area contributed by atoms with Crippen LogP contribution in [0.15, 0.2) is 29.1 Å². The van der Waals surface area contributed by atoms with Crippen molar-refractivity contribution in [3.05, 3.63) is 36.6 Å². The number of nitrogens with zero attached hydrogens (tertiary/aromatic N) is 2. The van der Waals surface area contributed by atoms with E-state index in [2.05, 4.69) is 9.97 Å². The second-order valence-corrected chi connectivity index (χ2v) is 2.37. The van der Waals surface area contributed by atoms with E-state index in [0.717, 1.165) is 12.1 Å². The lowest BCUT2D eigenvalue weighted by molar-refractivity contribution is 0.510. The van der Waals surface area contributed by atoms with Crippen molar-refractivity contribution in [2.45, 2.75) is 0 Å². The zero-order valence-corrected chi connectivity index (χ0v) is 6.37. The molecule has 0 N–H and O–H groups in total. The number of pyridine rings is 1. The molecule has 2 heterocycles. The van der Waals surface area contributed by atoms with Crippen LogP contribution in [0.4, 0.5) is 8.78 Å². The zero-order chi connectivity index (χ0) is 9.26. The van der Waals surface area contributed by atoms with Gasteiger partial charge >= 0.3 is 0 Å². The van der Waals surface area contributed by atoms with Crippen molar-refractivity contribution >= 4 is 0 Å². The van der Waals surface area contributed by atoms with E-state index in [9.17, 15) is 8.78 Å². The van der Waals surface area contributed by atoms with Crippen LogP contribution in [0, 0.1) is 11.9 Å². The first-order valence-electron chi connectivity index (χ1n) is 3.47. The van der Waals surface area contributed by atoms with Gasteiger partial charge in [0.2, 0.25) is 11.9 Å². The summed E-state index contributed by atoms with van der Waals surface area (Å²) in [7, 11) is 0. The van der Waals surface area contributed by atoms with Gasteiger partial charge in [0.1, 0.15) is 0 Å². The van der Waals surface area contributed by atoms with Gasteiger partial charge in [-0.05, 0) is 0 Å². The smallest absolute Gasteiger partial charge is 0.216 e. The lowest BCUT2D eigenvalue weighted by Crippen LogP contribution is -1.88. The normalized spacial score (nSPS) is 10.3. The first-order chi connectivity index (χ1) is 6.25. The largest absolute Gasteiger partial charge is 0.444 e. The molecule has 0 aliphatic heterocycles. The number of halogens is 2. The van der Waals surface area contributed by atoms with Gasteiger partial charge in [-0.25, -0.2) is 4.98 Å². The van der Waals surface area contributed by atoms with Gasteiger partial charge in [0.05, 0.1) is 6.20 Å². The summed E-state index contributed by atoms with van der Waals surface area (Å²) in [4.78, 5) is 6.57. The van der Waals surface area contributed by atoms with Crippen molar-refractivity contribution in [1.82, 2.24) is 9.97 Å². The molecule has 0 spiro atoms. The van der Waals surface area contributed by atoms with Crippen molar-refractivity contribution in [2.75, 3.05) is 0 Å². The first kappa shape index (κ1) is 7.85. The molecule has 3 nitrogen and oxygen atoms in total. The second-order valence-electron chi connectivity index (χ2n) is 2.37. The van der Waals surface area contributed by atoms with Crippen molar-refractivity contribution in [3.63, 3.8) is 0 Å². The standard InChI is InChI=1S/C8H4F2N2O/c9-7-1-5(2-8(10)12-7)6-3-11-4-13-6/h1-4H. The number of hydrogen-bond donors (Lipinski definition) is 0. The Labute approximate surface area is 72.1 Å². The molecule has 0 bridgehead atoms. The van der Waals surface area contributed by atoms with Gasteiger partial charge in [0.15, 0.2) is 12.2 Å². The predicted octanol–water partition coefficient (Wildman–Crippen LogP) is 2.01. The summed E-state index contributed by atoms with van der Waals surface area (Å²) in [5.41, 5.74) is 0.280. The van der Waals surface area contributed by atoms with Crippen LogP contribution >= 0.6 is 0 Å².